The Balaban J connectivity index is 1.40. The highest BCUT2D eigenvalue weighted by molar-refractivity contribution is 6.02. The van der Waals surface area contributed by atoms with Crippen molar-refractivity contribution in [3.63, 3.8) is 0 Å². The zero-order valence-corrected chi connectivity index (χ0v) is 18.3. The molecule has 0 saturated carbocycles. The van der Waals surface area contributed by atoms with Crippen LogP contribution in [0.1, 0.15) is 48.0 Å². The van der Waals surface area contributed by atoms with Gasteiger partial charge < -0.3 is 9.64 Å². The van der Waals surface area contributed by atoms with Gasteiger partial charge in [0.05, 0.1) is 22.7 Å². The molecule has 0 spiro atoms. The summed E-state index contributed by atoms with van der Waals surface area (Å²) in [6, 6.07) is 13.9. The van der Waals surface area contributed by atoms with Crippen molar-refractivity contribution < 1.29 is 19.2 Å². The molecule has 33 heavy (non-hydrogen) atoms. The van der Waals surface area contributed by atoms with Crippen LogP contribution in [0, 0.1) is 10.1 Å². The molecular weight excluding hydrogens is 424 g/mol. The molecule has 2 aromatic rings. The number of anilines is 1. The average Bonchev–Trinajstić information content (AvgIpc) is 3.18. The first-order valence-electron chi connectivity index (χ1n) is 11.2. The van der Waals surface area contributed by atoms with Crippen molar-refractivity contribution in [1.29, 1.82) is 0 Å². The lowest BCUT2D eigenvalue weighted by atomic mass is 10.1. The average molecular weight is 450 g/mol. The molecule has 4 rings (SSSR count). The zero-order valence-electron chi connectivity index (χ0n) is 18.3. The number of hydrogen-bond donors (Lipinski definition) is 0. The minimum Gasteiger partial charge on any atom is -0.452 e. The van der Waals surface area contributed by atoms with Crippen LogP contribution in [0.5, 0.6) is 0 Å². The number of amides is 1. The third-order valence-corrected chi connectivity index (χ3v) is 5.88. The van der Waals surface area contributed by atoms with Crippen LogP contribution in [0.2, 0.25) is 0 Å². The SMILES string of the molecule is O=C(OCC(=O)N1CCC(c2ccccc2)=N1)c1ccc(N2CCCCCC2)c([N+](=O)[O-])c1. The number of ether oxygens (including phenoxy) is 1. The van der Waals surface area contributed by atoms with Crippen LogP contribution in [0.4, 0.5) is 11.4 Å². The Hall–Kier alpha value is -3.75. The van der Waals surface area contributed by atoms with Gasteiger partial charge in [-0.05, 0) is 30.5 Å². The molecule has 1 saturated heterocycles. The number of rotatable bonds is 6. The summed E-state index contributed by atoms with van der Waals surface area (Å²) in [4.78, 5) is 38.1. The third kappa shape index (κ3) is 5.36. The second kappa shape index (κ2) is 10.2. The number of benzene rings is 2. The van der Waals surface area contributed by atoms with Gasteiger partial charge in [0, 0.05) is 25.6 Å². The first-order chi connectivity index (χ1) is 16.0. The number of carbonyl (C=O) groups is 2. The first kappa shape index (κ1) is 22.4. The Morgan fingerprint density at radius 1 is 1.00 bits per heavy atom. The van der Waals surface area contributed by atoms with Gasteiger partial charge in [0.1, 0.15) is 5.69 Å². The predicted molar refractivity (Wildman–Crippen MR) is 123 cm³/mol. The molecule has 2 aromatic carbocycles. The van der Waals surface area contributed by atoms with Gasteiger partial charge in [-0.1, -0.05) is 43.2 Å². The van der Waals surface area contributed by atoms with Gasteiger partial charge >= 0.3 is 5.97 Å². The van der Waals surface area contributed by atoms with E-state index in [4.69, 9.17) is 4.74 Å². The van der Waals surface area contributed by atoms with Crippen molar-refractivity contribution in [3.05, 3.63) is 69.8 Å². The number of hydrogen-bond acceptors (Lipinski definition) is 7. The molecule has 9 heteroatoms. The number of carbonyl (C=O) groups excluding carboxylic acids is 2. The van der Waals surface area contributed by atoms with E-state index in [1.165, 1.54) is 17.1 Å². The van der Waals surface area contributed by atoms with Gasteiger partial charge in [0.15, 0.2) is 6.61 Å². The first-order valence-corrected chi connectivity index (χ1v) is 11.2. The Morgan fingerprint density at radius 3 is 2.42 bits per heavy atom. The number of nitro groups is 1. The standard InChI is InChI=1S/C24H26N4O5/c29-23(27-15-12-20(25-27)18-8-4-3-5-9-18)17-33-24(30)19-10-11-21(22(16-19)28(31)32)26-13-6-1-2-7-14-26/h3-5,8-11,16H,1-2,6-7,12-15,17H2. The molecule has 0 N–H and O–H groups in total. The minimum absolute atomic E-state index is 0.0444. The predicted octanol–water partition coefficient (Wildman–Crippen LogP) is 3.77. The van der Waals surface area contributed by atoms with E-state index in [9.17, 15) is 19.7 Å². The Bertz CT molecular complexity index is 1060. The summed E-state index contributed by atoms with van der Waals surface area (Å²) in [6.07, 6.45) is 4.79. The molecule has 1 amide bonds. The highest BCUT2D eigenvalue weighted by Crippen LogP contribution is 2.31. The van der Waals surface area contributed by atoms with Crippen LogP contribution in [0.25, 0.3) is 0 Å². The van der Waals surface area contributed by atoms with Crippen LogP contribution < -0.4 is 4.90 Å². The lowest BCUT2D eigenvalue weighted by Gasteiger charge is -2.22. The maximum absolute atomic E-state index is 12.5. The molecule has 1 fully saturated rings. The molecule has 172 valence electrons. The van der Waals surface area contributed by atoms with Gasteiger partial charge in [-0.3, -0.25) is 14.9 Å². The second-order valence-electron chi connectivity index (χ2n) is 8.12. The monoisotopic (exact) mass is 450 g/mol. The Morgan fingerprint density at radius 2 is 1.73 bits per heavy atom. The molecule has 0 bridgehead atoms. The van der Waals surface area contributed by atoms with Crippen molar-refractivity contribution in [2.45, 2.75) is 32.1 Å². The summed E-state index contributed by atoms with van der Waals surface area (Å²) in [5.41, 5.74) is 2.17. The van der Waals surface area contributed by atoms with E-state index in [-0.39, 0.29) is 11.3 Å². The molecular formula is C24H26N4O5. The molecule has 2 aliphatic rings. The number of nitro benzene ring substituents is 1. The van der Waals surface area contributed by atoms with Crippen molar-refractivity contribution >= 4 is 29.0 Å². The lowest BCUT2D eigenvalue weighted by molar-refractivity contribution is -0.384. The van der Waals surface area contributed by atoms with E-state index in [0.29, 0.717) is 18.7 Å². The topological polar surface area (TPSA) is 105 Å². The fourth-order valence-corrected chi connectivity index (χ4v) is 4.13. The van der Waals surface area contributed by atoms with Crippen LogP contribution in [0.15, 0.2) is 53.6 Å². The summed E-state index contributed by atoms with van der Waals surface area (Å²) in [5, 5.41) is 17.3. The molecule has 0 atom stereocenters. The smallest absolute Gasteiger partial charge is 0.338 e. The molecule has 2 heterocycles. The number of hydrazone groups is 1. The molecule has 0 unspecified atom stereocenters. The molecule has 9 nitrogen and oxygen atoms in total. The van der Waals surface area contributed by atoms with Crippen molar-refractivity contribution in [1.82, 2.24) is 5.01 Å². The highest BCUT2D eigenvalue weighted by Gasteiger charge is 2.25. The third-order valence-electron chi connectivity index (χ3n) is 5.88. The summed E-state index contributed by atoms with van der Waals surface area (Å²) < 4.78 is 5.15. The highest BCUT2D eigenvalue weighted by atomic mass is 16.6. The van der Waals surface area contributed by atoms with E-state index in [1.54, 1.807) is 6.07 Å². The van der Waals surface area contributed by atoms with Crippen molar-refractivity contribution in [2.75, 3.05) is 31.1 Å². The summed E-state index contributed by atoms with van der Waals surface area (Å²) in [7, 11) is 0. The largest absolute Gasteiger partial charge is 0.452 e. The second-order valence-corrected chi connectivity index (χ2v) is 8.12. The van der Waals surface area contributed by atoms with Crippen molar-refractivity contribution in [2.24, 2.45) is 5.10 Å². The van der Waals surface area contributed by atoms with Gasteiger partial charge in [0.25, 0.3) is 11.6 Å². The summed E-state index contributed by atoms with van der Waals surface area (Å²) >= 11 is 0. The van der Waals surface area contributed by atoms with E-state index in [0.717, 1.165) is 50.0 Å². The van der Waals surface area contributed by atoms with Crippen LogP contribution >= 0.6 is 0 Å². The Labute approximate surface area is 191 Å². The number of nitrogens with zero attached hydrogens (tertiary/aromatic N) is 4. The van der Waals surface area contributed by atoms with Crippen LogP contribution in [-0.2, 0) is 9.53 Å². The minimum atomic E-state index is -0.777. The normalized spacial score (nSPS) is 16.2. The molecule has 0 radical (unpaired) electrons. The maximum atomic E-state index is 12.5. The van der Waals surface area contributed by atoms with E-state index >= 15 is 0 Å². The number of esters is 1. The lowest BCUT2D eigenvalue weighted by Crippen LogP contribution is -2.29. The fraction of sp³-hybridized carbons (Fsp3) is 0.375. The fourth-order valence-electron chi connectivity index (χ4n) is 4.13. The summed E-state index contributed by atoms with van der Waals surface area (Å²) in [6.45, 7) is 1.43. The molecule has 0 aromatic heterocycles. The molecule has 0 aliphatic carbocycles. The van der Waals surface area contributed by atoms with E-state index < -0.39 is 23.4 Å². The van der Waals surface area contributed by atoms with Crippen LogP contribution in [0.3, 0.4) is 0 Å². The van der Waals surface area contributed by atoms with Crippen LogP contribution in [-0.4, -0.2) is 53.8 Å². The Kier molecular flexibility index (Phi) is 6.97. The van der Waals surface area contributed by atoms with Gasteiger partial charge in [-0.2, -0.15) is 5.10 Å². The maximum Gasteiger partial charge on any atom is 0.338 e. The van der Waals surface area contributed by atoms with Gasteiger partial charge in [0.2, 0.25) is 0 Å². The summed E-state index contributed by atoms with van der Waals surface area (Å²) in [5.74, 6) is -1.22. The van der Waals surface area contributed by atoms with E-state index in [2.05, 4.69) is 5.10 Å². The van der Waals surface area contributed by atoms with Gasteiger partial charge in [-0.15, -0.1) is 0 Å². The van der Waals surface area contributed by atoms with Crippen molar-refractivity contribution in [3.8, 4) is 0 Å². The quantitative estimate of drug-likeness (QED) is 0.377. The van der Waals surface area contributed by atoms with E-state index in [1.807, 2.05) is 35.2 Å². The molecule has 2 aliphatic heterocycles. The van der Waals surface area contributed by atoms with Gasteiger partial charge in [-0.25, -0.2) is 9.80 Å². The zero-order chi connectivity index (χ0) is 23.2.